The number of aromatic nitrogens is 1. The number of pyridine rings is 1. The van der Waals surface area contributed by atoms with Gasteiger partial charge >= 0.3 is 0 Å². The maximum absolute atomic E-state index is 14.0. The van der Waals surface area contributed by atoms with Gasteiger partial charge in [0.05, 0.1) is 5.52 Å². The van der Waals surface area contributed by atoms with Gasteiger partial charge in [0.25, 0.3) is 11.5 Å². The summed E-state index contributed by atoms with van der Waals surface area (Å²) in [4.78, 5) is 28.0. The molecule has 0 aliphatic carbocycles. The van der Waals surface area contributed by atoms with E-state index in [0.29, 0.717) is 37.0 Å². The molecule has 1 fully saturated rings. The number of carbonyl (C=O) groups is 1. The van der Waals surface area contributed by atoms with Crippen LogP contribution in [-0.2, 0) is 6.42 Å². The average molecular weight is 425 g/mol. The molecule has 0 bridgehead atoms. The number of aryl methyl sites for hydroxylation is 1. The largest absolute Gasteiger partial charge is 0.506 e. The summed E-state index contributed by atoms with van der Waals surface area (Å²) in [5.41, 5.74) is 0.383. The first kappa shape index (κ1) is 21.5. The number of amides is 1. The minimum Gasteiger partial charge on any atom is -0.506 e. The Bertz CT molecular complexity index is 988. The Morgan fingerprint density at radius 1 is 1.34 bits per heavy atom. The molecule has 2 aromatic rings. The van der Waals surface area contributed by atoms with Crippen molar-refractivity contribution < 1.29 is 14.3 Å². The van der Waals surface area contributed by atoms with Gasteiger partial charge in [-0.15, -0.1) is 12.4 Å². The van der Waals surface area contributed by atoms with Crippen LogP contribution in [0.3, 0.4) is 0 Å². The molecule has 1 amide bonds. The van der Waals surface area contributed by atoms with E-state index in [4.69, 9.17) is 0 Å². The number of benzene rings is 1. The molecule has 0 radical (unpaired) electrons. The van der Waals surface area contributed by atoms with Crippen LogP contribution in [0.25, 0.3) is 10.9 Å². The van der Waals surface area contributed by atoms with Crippen LogP contribution in [0.15, 0.2) is 16.9 Å². The van der Waals surface area contributed by atoms with E-state index in [1.807, 2.05) is 6.92 Å². The van der Waals surface area contributed by atoms with Crippen LogP contribution in [0.1, 0.15) is 35.3 Å². The molecule has 1 aromatic carbocycles. The number of nitrogens with one attached hydrogen (secondary N) is 2. The van der Waals surface area contributed by atoms with E-state index in [2.05, 4.69) is 15.5 Å². The first-order valence-corrected chi connectivity index (χ1v) is 9.78. The van der Waals surface area contributed by atoms with Crippen molar-refractivity contribution in [1.82, 2.24) is 20.1 Å². The third kappa shape index (κ3) is 3.97. The summed E-state index contributed by atoms with van der Waals surface area (Å²) in [7, 11) is 0. The molecule has 1 atom stereocenters. The second-order valence-corrected chi connectivity index (χ2v) is 7.60. The normalized spacial score (nSPS) is 19.0. The summed E-state index contributed by atoms with van der Waals surface area (Å²) in [5.74, 6) is -1.54. The van der Waals surface area contributed by atoms with Gasteiger partial charge in [0.2, 0.25) is 0 Å². The highest BCUT2D eigenvalue weighted by Crippen LogP contribution is 2.35. The van der Waals surface area contributed by atoms with E-state index in [-0.39, 0.29) is 29.4 Å². The van der Waals surface area contributed by atoms with Crippen LogP contribution >= 0.6 is 12.4 Å². The first-order valence-electron chi connectivity index (χ1n) is 9.78. The molecule has 0 saturated carbocycles. The second-order valence-electron chi connectivity index (χ2n) is 7.60. The highest BCUT2D eigenvalue weighted by Gasteiger charge is 2.28. The Hall–Kier alpha value is -2.16. The van der Waals surface area contributed by atoms with Crippen molar-refractivity contribution in [3.63, 3.8) is 0 Å². The molecule has 3 N–H and O–H groups in total. The van der Waals surface area contributed by atoms with Crippen molar-refractivity contribution in [3.8, 4) is 5.75 Å². The molecular formula is C20H26ClFN4O3. The van der Waals surface area contributed by atoms with Gasteiger partial charge in [-0.3, -0.25) is 14.5 Å². The molecule has 4 rings (SSSR count). The molecule has 2 aliphatic heterocycles. The van der Waals surface area contributed by atoms with E-state index in [0.717, 1.165) is 26.2 Å². The Labute approximate surface area is 174 Å². The average Bonchev–Trinajstić information content (AvgIpc) is 2.67. The van der Waals surface area contributed by atoms with Gasteiger partial charge < -0.3 is 20.3 Å². The number of nitrogens with zero attached hydrogens (tertiary/aromatic N) is 2. The molecule has 0 spiro atoms. The molecule has 1 aromatic heterocycles. The summed E-state index contributed by atoms with van der Waals surface area (Å²) in [6.07, 6.45) is 1.31. The van der Waals surface area contributed by atoms with Gasteiger partial charge in [-0.2, -0.15) is 0 Å². The van der Waals surface area contributed by atoms with Crippen LogP contribution < -0.4 is 16.2 Å². The van der Waals surface area contributed by atoms with E-state index >= 15 is 0 Å². The van der Waals surface area contributed by atoms with Crippen LogP contribution in [0.2, 0.25) is 0 Å². The van der Waals surface area contributed by atoms with Crippen molar-refractivity contribution in [1.29, 1.82) is 0 Å². The number of hydrogen-bond acceptors (Lipinski definition) is 5. The molecule has 29 heavy (non-hydrogen) atoms. The molecule has 158 valence electrons. The quantitative estimate of drug-likeness (QED) is 0.691. The van der Waals surface area contributed by atoms with Crippen molar-refractivity contribution in [2.75, 3.05) is 39.3 Å². The minimum absolute atomic E-state index is 0. The molecule has 1 saturated heterocycles. The zero-order valence-electron chi connectivity index (χ0n) is 16.3. The standard InChI is InChI=1S/C20H25FN4O3.ClH/c1-12-2-3-13-10-14(21)11-15-17(13)25(12)20(28)16(18(15)26)19(27)23-6-9-24-7-4-22-5-8-24;/h10-12,22,26H,2-9H2,1H3,(H,23,27);1H. The molecule has 3 heterocycles. The lowest BCUT2D eigenvalue weighted by molar-refractivity contribution is 0.0942. The Morgan fingerprint density at radius 3 is 2.79 bits per heavy atom. The molecule has 9 heteroatoms. The van der Waals surface area contributed by atoms with Gasteiger partial charge in [0.15, 0.2) is 0 Å². The number of hydrogen-bond donors (Lipinski definition) is 3. The Kier molecular flexibility index (Phi) is 6.45. The lowest BCUT2D eigenvalue weighted by Gasteiger charge is -2.27. The van der Waals surface area contributed by atoms with Crippen molar-refractivity contribution in [2.45, 2.75) is 25.8 Å². The zero-order valence-corrected chi connectivity index (χ0v) is 17.1. The Morgan fingerprint density at radius 2 is 2.07 bits per heavy atom. The van der Waals surface area contributed by atoms with Crippen molar-refractivity contribution >= 4 is 29.2 Å². The molecule has 7 nitrogen and oxygen atoms in total. The van der Waals surface area contributed by atoms with E-state index < -0.39 is 23.0 Å². The monoisotopic (exact) mass is 424 g/mol. The fraction of sp³-hybridized carbons (Fsp3) is 0.500. The zero-order chi connectivity index (χ0) is 19.8. The Balaban J connectivity index is 0.00000240. The summed E-state index contributed by atoms with van der Waals surface area (Å²) >= 11 is 0. The second kappa shape index (κ2) is 8.69. The molecule has 1 unspecified atom stereocenters. The van der Waals surface area contributed by atoms with Gasteiger partial charge in [-0.1, -0.05) is 0 Å². The minimum atomic E-state index is -0.619. The third-order valence-corrected chi connectivity index (χ3v) is 5.74. The van der Waals surface area contributed by atoms with E-state index in [1.165, 1.54) is 16.7 Å². The number of aromatic hydroxyl groups is 1. The summed E-state index contributed by atoms with van der Waals surface area (Å²) in [6.45, 7) is 6.58. The van der Waals surface area contributed by atoms with Gasteiger partial charge in [0.1, 0.15) is 17.1 Å². The fourth-order valence-electron chi connectivity index (χ4n) is 4.24. The SMILES string of the molecule is CC1CCc2cc(F)cc3c(O)c(C(=O)NCCN4CCNCC4)c(=O)n1c23.Cl. The predicted molar refractivity (Wildman–Crippen MR) is 112 cm³/mol. The molecule has 2 aliphatic rings. The van der Waals surface area contributed by atoms with Crippen LogP contribution in [-0.4, -0.2) is 59.7 Å². The van der Waals surface area contributed by atoms with Gasteiger partial charge in [-0.05, 0) is 37.5 Å². The van der Waals surface area contributed by atoms with E-state index in [9.17, 15) is 19.1 Å². The summed E-state index contributed by atoms with van der Waals surface area (Å²) in [5, 5.41) is 16.9. The van der Waals surface area contributed by atoms with Gasteiger partial charge in [0, 0.05) is 50.7 Å². The first-order chi connectivity index (χ1) is 13.5. The highest BCUT2D eigenvalue weighted by atomic mass is 35.5. The van der Waals surface area contributed by atoms with Crippen LogP contribution in [0.5, 0.6) is 5.75 Å². The molecular weight excluding hydrogens is 399 g/mol. The highest BCUT2D eigenvalue weighted by molar-refractivity contribution is 6.03. The maximum atomic E-state index is 14.0. The topological polar surface area (TPSA) is 86.6 Å². The summed E-state index contributed by atoms with van der Waals surface area (Å²) in [6, 6.07) is 2.47. The van der Waals surface area contributed by atoms with Crippen LogP contribution in [0, 0.1) is 5.82 Å². The van der Waals surface area contributed by atoms with Crippen molar-refractivity contribution in [3.05, 3.63) is 39.4 Å². The van der Waals surface area contributed by atoms with Crippen molar-refractivity contribution in [2.24, 2.45) is 0 Å². The maximum Gasteiger partial charge on any atom is 0.267 e. The number of carbonyl (C=O) groups excluding carboxylic acids is 1. The van der Waals surface area contributed by atoms with Crippen LogP contribution in [0.4, 0.5) is 4.39 Å². The number of rotatable bonds is 4. The summed E-state index contributed by atoms with van der Waals surface area (Å²) < 4.78 is 15.6. The number of piperazine rings is 1. The fourth-order valence-corrected chi connectivity index (χ4v) is 4.24. The van der Waals surface area contributed by atoms with E-state index in [1.54, 1.807) is 0 Å². The predicted octanol–water partition coefficient (Wildman–Crippen LogP) is 1.41. The lowest BCUT2D eigenvalue weighted by atomic mass is 9.95. The lowest BCUT2D eigenvalue weighted by Crippen LogP contribution is -2.46. The third-order valence-electron chi connectivity index (χ3n) is 5.74. The number of halogens is 2. The van der Waals surface area contributed by atoms with Gasteiger partial charge in [-0.25, -0.2) is 4.39 Å². The smallest absolute Gasteiger partial charge is 0.267 e.